The van der Waals surface area contributed by atoms with Gasteiger partial charge in [-0.3, -0.25) is 4.79 Å². The molecule has 2 N–H and O–H groups in total. The van der Waals surface area contributed by atoms with E-state index in [4.69, 9.17) is 16.3 Å². The van der Waals surface area contributed by atoms with Gasteiger partial charge in [0.1, 0.15) is 0 Å². The van der Waals surface area contributed by atoms with Gasteiger partial charge in [-0.2, -0.15) is 0 Å². The van der Waals surface area contributed by atoms with E-state index in [-0.39, 0.29) is 0 Å². The Morgan fingerprint density at radius 1 is 1.22 bits per heavy atom. The molecule has 0 radical (unpaired) electrons. The second-order valence-corrected chi connectivity index (χ2v) is 5.36. The van der Waals surface area contributed by atoms with Crippen LogP contribution in [0.25, 0.3) is 0 Å². The molecule has 0 aromatic heterocycles. The highest BCUT2D eigenvalue weighted by molar-refractivity contribution is 6.30. The number of rotatable bonds is 5. The predicted octanol–water partition coefficient (Wildman–Crippen LogP) is 2.86. The van der Waals surface area contributed by atoms with Gasteiger partial charge in [0.25, 0.3) is 5.91 Å². The fourth-order valence-electron chi connectivity index (χ4n) is 1.94. The number of benzene rings is 2. The van der Waals surface area contributed by atoms with E-state index >= 15 is 0 Å². The molecule has 0 aliphatic carbocycles. The second kappa shape index (κ2) is 7.76. The van der Waals surface area contributed by atoms with Gasteiger partial charge in [0.05, 0.1) is 0 Å². The van der Waals surface area contributed by atoms with Crippen LogP contribution in [-0.2, 0) is 14.3 Å². The number of aliphatic hydroxyl groups is 1. The second-order valence-electron chi connectivity index (χ2n) is 4.93. The Bertz CT molecular complexity index is 703. The Hall–Kier alpha value is -2.37. The maximum absolute atomic E-state index is 11.8. The smallest absolute Gasteiger partial charge is 0.340 e. The molecule has 0 heterocycles. The number of carbonyl (C=O) groups is 2. The average Bonchev–Trinajstić information content (AvgIpc) is 2.55. The number of hydrogen-bond acceptors (Lipinski definition) is 4. The van der Waals surface area contributed by atoms with Crippen LogP contribution in [0.3, 0.4) is 0 Å². The largest absolute Gasteiger partial charge is 0.453 e. The van der Waals surface area contributed by atoms with Crippen LogP contribution in [0.5, 0.6) is 0 Å². The molecule has 0 unspecified atom stereocenters. The normalized spacial score (nSPS) is 11.6. The summed E-state index contributed by atoms with van der Waals surface area (Å²) in [5.74, 6) is -1.37. The van der Waals surface area contributed by atoms with Crippen LogP contribution in [0.4, 0.5) is 5.69 Å². The maximum atomic E-state index is 11.8. The lowest BCUT2D eigenvalue weighted by Crippen LogP contribution is -2.24. The molecule has 23 heavy (non-hydrogen) atoms. The summed E-state index contributed by atoms with van der Waals surface area (Å²) < 4.78 is 4.83. The molecule has 5 nitrogen and oxygen atoms in total. The van der Waals surface area contributed by atoms with Gasteiger partial charge in [-0.25, -0.2) is 4.79 Å². The first-order valence-corrected chi connectivity index (χ1v) is 7.31. The van der Waals surface area contributed by atoms with Gasteiger partial charge in [0.15, 0.2) is 12.7 Å². The first-order chi connectivity index (χ1) is 11.0. The van der Waals surface area contributed by atoms with Crippen LogP contribution < -0.4 is 5.32 Å². The monoisotopic (exact) mass is 333 g/mol. The van der Waals surface area contributed by atoms with E-state index in [0.29, 0.717) is 16.3 Å². The molecule has 1 amide bonds. The molecule has 0 spiro atoms. The van der Waals surface area contributed by atoms with Crippen LogP contribution in [0.15, 0.2) is 48.5 Å². The van der Waals surface area contributed by atoms with Crippen molar-refractivity contribution in [1.29, 1.82) is 0 Å². The number of ether oxygens (including phenoxy) is 1. The Morgan fingerprint density at radius 2 is 1.91 bits per heavy atom. The van der Waals surface area contributed by atoms with Crippen LogP contribution in [0, 0.1) is 6.92 Å². The lowest BCUT2D eigenvalue weighted by Gasteiger charge is -2.12. The van der Waals surface area contributed by atoms with Crippen LogP contribution in [0.1, 0.15) is 17.2 Å². The van der Waals surface area contributed by atoms with Crippen molar-refractivity contribution in [3.05, 3.63) is 64.7 Å². The zero-order valence-corrected chi connectivity index (χ0v) is 13.2. The van der Waals surface area contributed by atoms with Crippen molar-refractivity contribution in [2.24, 2.45) is 0 Å². The summed E-state index contributed by atoms with van der Waals surface area (Å²) in [4.78, 5) is 23.6. The van der Waals surface area contributed by atoms with Crippen molar-refractivity contribution in [3.63, 3.8) is 0 Å². The molecule has 2 aromatic carbocycles. The van der Waals surface area contributed by atoms with Crippen molar-refractivity contribution in [1.82, 2.24) is 0 Å². The molecule has 120 valence electrons. The van der Waals surface area contributed by atoms with Crippen LogP contribution in [0.2, 0.25) is 5.02 Å². The molecule has 2 rings (SSSR count). The summed E-state index contributed by atoms with van der Waals surface area (Å²) >= 11 is 5.84. The van der Waals surface area contributed by atoms with E-state index < -0.39 is 24.6 Å². The molecule has 0 fully saturated rings. The van der Waals surface area contributed by atoms with E-state index in [2.05, 4.69) is 5.32 Å². The zero-order chi connectivity index (χ0) is 16.8. The number of aliphatic hydroxyl groups excluding tert-OH is 1. The first-order valence-electron chi connectivity index (χ1n) is 6.93. The van der Waals surface area contributed by atoms with Gasteiger partial charge in [-0.05, 0) is 36.2 Å². The summed E-state index contributed by atoms with van der Waals surface area (Å²) in [6.07, 6.45) is -1.42. The third kappa shape index (κ3) is 4.81. The van der Waals surface area contributed by atoms with Crippen molar-refractivity contribution >= 4 is 29.2 Å². The van der Waals surface area contributed by atoms with Gasteiger partial charge in [-0.1, -0.05) is 41.9 Å². The number of hydrogen-bond donors (Lipinski definition) is 2. The summed E-state index contributed by atoms with van der Waals surface area (Å²) in [6, 6.07) is 13.4. The van der Waals surface area contributed by atoms with Gasteiger partial charge in [0.2, 0.25) is 0 Å². The molecule has 0 aliphatic rings. The maximum Gasteiger partial charge on any atom is 0.340 e. The van der Waals surface area contributed by atoms with Crippen molar-refractivity contribution < 1.29 is 19.4 Å². The highest BCUT2D eigenvalue weighted by Crippen LogP contribution is 2.19. The fourth-order valence-corrected chi connectivity index (χ4v) is 2.17. The minimum atomic E-state index is -1.42. The number of nitrogens with one attached hydrogen (secondary N) is 1. The lowest BCUT2D eigenvalue weighted by molar-refractivity contribution is -0.156. The van der Waals surface area contributed by atoms with Crippen molar-refractivity contribution in [3.8, 4) is 0 Å². The third-order valence-electron chi connectivity index (χ3n) is 3.15. The quantitative estimate of drug-likeness (QED) is 0.825. The minimum absolute atomic E-state index is 0.409. The average molecular weight is 334 g/mol. The van der Waals surface area contributed by atoms with E-state index in [9.17, 15) is 14.7 Å². The summed E-state index contributed by atoms with van der Waals surface area (Å²) in [5, 5.41) is 13.0. The molecule has 6 heteroatoms. The number of aryl methyl sites for hydroxylation is 1. The predicted molar refractivity (Wildman–Crippen MR) is 87.2 cm³/mol. The zero-order valence-electron chi connectivity index (χ0n) is 12.5. The van der Waals surface area contributed by atoms with Gasteiger partial charge >= 0.3 is 5.97 Å². The van der Waals surface area contributed by atoms with E-state index in [1.807, 2.05) is 0 Å². The van der Waals surface area contributed by atoms with Crippen molar-refractivity contribution in [2.75, 3.05) is 11.9 Å². The fraction of sp³-hybridized carbons (Fsp3) is 0.176. The van der Waals surface area contributed by atoms with Crippen molar-refractivity contribution in [2.45, 2.75) is 13.0 Å². The van der Waals surface area contributed by atoms with E-state index in [1.165, 1.54) is 0 Å². The molecule has 0 saturated carbocycles. The Balaban J connectivity index is 1.87. The van der Waals surface area contributed by atoms with E-state index in [0.717, 1.165) is 5.56 Å². The van der Waals surface area contributed by atoms with E-state index in [1.54, 1.807) is 55.5 Å². The molecular formula is C17H16ClNO4. The topological polar surface area (TPSA) is 75.6 Å². The number of amides is 1. The number of halogens is 1. The lowest BCUT2D eigenvalue weighted by atomic mass is 10.1. The molecule has 1 atom stereocenters. The molecule has 2 aromatic rings. The first kappa shape index (κ1) is 17.0. The minimum Gasteiger partial charge on any atom is -0.453 e. The Morgan fingerprint density at radius 3 is 2.57 bits per heavy atom. The summed E-state index contributed by atoms with van der Waals surface area (Å²) in [7, 11) is 0. The number of carbonyl (C=O) groups excluding carboxylic acids is 2. The Kier molecular flexibility index (Phi) is 5.73. The molecule has 0 saturated heterocycles. The highest BCUT2D eigenvalue weighted by Gasteiger charge is 2.19. The summed E-state index contributed by atoms with van der Waals surface area (Å²) in [5.41, 5.74) is 1.78. The summed E-state index contributed by atoms with van der Waals surface area (Å²) in [6.45, 7) is 1.32. The van der Waals surface area contributed by atoms with Gasteiger partial charge in [-0.15, -0.1) is 0 Å². The molecule has 0 aliphatic heterocycles. The van der Waals surface area contributed by atoms with Crippen LogP contribution in [-0.4, -0.2) is 23.6 Å². The molecular weight excluding hydrogens is 318 g/mol. The number of anilines is 1. The van der Waals surface area contributed by atoms with Crippen LogP contribution >= 0.6 is 11.6 Å². The SMILES string of the molecule is Cc1cc(Cl)ccc1NC(=O)COC(=O)[C@H](O)c1ccccc1. The highest BCUT2D eigenvalue weighted by atomic mass is 35.5. The molecule has 0 bridgehead atoms. The number of esters is 1. The van der Waals surface area contributed by atoms with Gasteiger partial charge in [0, 0.05) is 10.7 Å². The standard InChI is InChI=1S/C17H16ClNO4/c1-11-9-13(18)7-8-14(11)19-15(20)10-23-17(22)16(21)12-5-3-2-4-6-12/h2-9,16,21H,10H2,1H3,(H,19,20)/t16-/m1/s1. The van der Waals surface area contributed by atoms with Gasteiger partial charge < -0.3 is 15.2 Å². The Labute approximate surface area is 138 Å². The third-order valence-corrected chi connectivity index (χ3v) is 3.38.